The zero-order valence-corrected chi connectivity index (χ0v) is 13.8. The third kappa shape index (κ3) is 4.93. The number of ether oxygens (including phenoxy) is 1. The number of aryl methyl sites for hydroxylation is 1. The monoisotopic (exact) mass is 340 g/mol. The van der Waals surface area contributed by atoms with Crippen LogP contribution in [0.25, 0.3) is 0 Å². The molecule has 0 saturated heterocycles. The predicted molar refractivity (Wildman–Crippen MR) is 84.6 cm³/mol. The Balaban J connectivity index is 3.23. The van der Waals surface area contributed by atoms with Gasteiger partial charge in [0.15, 0.2) is 5.82 Å². The van der Waals surface area contributed by atoms with Crippen LogP contribution in [0.1, 0.15) is 32.3 Å². The number of benzene rings is 1. The van der Waals surface area contributed by atoms with Crippen LogP contribution in [0.4, 0.5) is 10.1 Å². The zero-order chi connectivity index (χ0) is 17.4. The first-order valence-corrected chi connectivity index (χ1v) is 7.67. The lowest BCUT2D eigenvalue weighted by Gasteiger charge is -2.23. The normalized spacial score (nSPS) is 10.0. The van der Waals surface area contributed by atoms with Crippen LogP contribution in [0, 0.1) is 17.1 Å². The molecule has 0 aliphatic rings. The Morgan fingerprint density at radius 3 is 2.65 bits per heavy atom. The van der Waals surface area contributed by atoms with Crippen LogP contribution in [-0.4, -0.2) is 25.0 Å². The van der Waals surface area contributed by atoms with Gasteiger partial charge in [0.25, 0.3) is 0 Å². The number of carbonyl (C=O) groups is 2. The van der Waals surface area contributed by atoms with E-state index in [4.69, 9.17) is 16.9 Å². The summed E-state index contributed by atoms with van der Waals surface area (Å²) in [5, 5.41) is 8.50. The summed E-state index contributed by atoms with van der Waals surface area (Å²) < 4.78 is 19.0. The lowest BCUT2D eigenvalue weighted by atomic mass is 10.1. The molecule has 1 amide bonds. The molecule has 0 aliphatic heterocycles. The van der Waals surface area contributed by atoms with Crippen molar-refractivity contribution >= 4 is 29.2 Å². The van der Waals surface area contributed by atoms with Crippen molar-refractivity contribution in [3.05, 3.63) is 28.5 Å². The smallest absolute Gasteiger partial charge is 0.397 e. The van der Waals surface area contributed by atoms with Gasteiger partial charge in [0.2, 0.25) is 0 Å². The fraction of sp³-hybridized carbons (Fsp3) is 0.438. The Kier molecular flexibility index (Phi) is 7.49. The van der Waals surface area contributed by atoms with Crippen LogP contribution in [0.5, 0.6) is 0 Å². The summed E-state index contributed by atoms with van der Waals surface area (Å²) in [6.07, 6.45) is 1.07. The minimum atomic E-state index is -1.07. The number of anilines is 1. The molecule has 0 spiro atoms. The fourth-order valence-electron chi connectivity index (χ4n) is 1.98. The third-order valence-electron chi connectivity index (χ3n) is 3.13. The molecule has 0 heterocycles. The fourth-order valence-corrected chi connectivity index (χ4v) is 2.22. The molecule has 0 aromatic heterocycles. The number of nitriles is 1. The molecule has 0 atom stereocenters. The summed E-state index contributed by atoms with van der Waals surface area (Å²) in [5.74, 6) is -2.83. The van der Waals surface area contributed by atoms with E-state index >= 15 is 0 Å². The third-order valence-corrected chi connectivity index (χ3v) is 3.41. The Morgan fingerprint density at radius 1 is 1.39 bits per heavy atom. The lowest BCUT2D eigenvalue weighted by molar-refractivity contribution is -0.153. The highest BCUT2D eigenvalue weighted by atomic mass is 35.5. The Labute approximate surface area is 139 Å². The molecule has 0 unspecified atom stereocenters. The zero-order valence-electron chi connectivity index (χ0n) is 13.1. The van der Waals surface area contributed by atoms with Gasteiger partial charge < -0.3 is 4.74 Å². The molecular weight excluding hydrogens is 323 g/mol. The minimum Gasteiger partial charge on any atom is -0.459 e. The van der Waals surface area contributed by atoms with Crippen molar-refractivity contribution < 1.29 is 18.7 Å². The Hall–Kier alpha value is -2.13. The molecule has 0 fully saturated rings. The van der Waals surface area contributed by atoms with Crippen LogP contribution in [0.15, 0.2) is 12.1 Å². The van der Waals surface area contributed by atoms with E-state index in [1.165, 1.54) is 12.1 Å². The molecule has 1 rings (SSSR count). The van der Waals surface area contributed by atoms with Crippen molar-refractivity contribution in [3.63, 3.8) is 0 Å². The molecule has 0 aliphatic carbocycles. The first-order chi connectivity index (χ1) is 11.0. The number of unbranched alkanes of at least 4 members (excludes halogenated alkanes) is 1. The van der Waals surface area contributed by atoms with Crippen LogP contribution in [0.3, 0.4) is 0 Å². The van der Waals surface area contributed by atoms with Crippen LogP contribution >= 0.6 is 11.6 Å². The number of carbonyl (C=O) groups excluding carboxylic acids is 2. The van der Waals surface area contributed by atoms with Gasteiger partial charge in [-0.25, -0.2) is 9.18 Å². The number of halogens is 2. The molecule has 0 saturated carbocycles. The highest BCUT2D eigenvalue weighted by Crippen LogP contribution is 2.29. The molecule has 1 aromatic carbocycles. The second-order valence-corrected chi connectivity index (χ2v) is 5.11. The van der Waals surface area contributed by atoms with Crippen molar-refractivity contribution in [3.8, 4) is 6.07 Å². The summed E-state index contributed by atoms with van der Waals surface area (Å²) in [4.78, 5) is 24.9. The summed E-state index contributed by atoms with van der Waals surface area (Å²) in [7, 11) is 0. The van der Waals surface area contributed by atoms with E-state index in [2.05, 4.69) is 4.74 Å². The minimum absolute atomic E-state index is 0.0195. The molecule has 0 radical (unpaired) electrons. The van der Waals surface area contributed by atoms with E-state index in [0.29, 0.717) is 12.8 Å². The number of rotatable bonds is 6. The number of esters is 1. The van der Waals surface area contributed by atoms with Gasteiger partial charge >= 0.3 is 11.9 Å². The van der Waals surface area contributed by atoms with Gasteiger partial charge in [0.1, 0.15) is 0 Å². The summed E-state index contributed by atoms with van der Waals surface area (Å²) in [6, 6.07) is 4.89. The maximum atomic E-state index is 14.3. The molecule has 0 bridgehead atoms. The highest BCUT2D eigenvalue weighted by molar-refractivity contribution is 6.38. The van der Waals surface area contributed by atoms with Gasteiger partial charge in [-0.15, -0.1) is 0 Å². The number of amides is 1. The van der Waals surface area contributed by atoms with E-state index in [1.807, 2.05) is 13.0 Å². The first kappa shape index (κ1) is 18.9. The van der Waals surface area contributed by atoms with Crippen molar-refractivity contribution in [1.82, 2.24) is 0 Å². The number of nitrogens with zero attached hydrogens (tertiary/aromatic N) is 2. The van der Waals surface area contributed by atoms with Crippen molar-refractivity contribution in [2.75, 3.05) is 18.1 Å². The standard InChI is InChI=1S/C16H18ClFN2O3/c1-3-11-9-12(17)14(18)13(10-11)20(8-6-5-7-19)15(21)16(22)23-4-2/h9-10H,3-6,8H2,1-2H3. The maximum Gasteiger partial charge on any atom is 0.397 e. The van der Waals surface area contributed by atoms with E-state index < -0.39 is 17.7 Å². The number of hydrogen-bond donors (Lipinski definition) is 0. The lowest BCUT2D eigenvalue weighted by Crippen LogP contribution is -2.39. The van der Waals surface area contributed by atoms with Crippen molar-refractivity contribution in [2.24, 2.45) is 0 Å². The summed E-state index contributed by atoms with van der Waals surface area (Å²) in [5.41, 5.74) is 0.652. The molecule has 7 heteroatoms. The summed E-state index contributed by atoms with van der Waals surface area (Å²) >= 11 is 5.87. The Morgan fingerprint density at radius 2 is 2.09 bits per heavy atom. The van der Waals surface area contributed by atoms with Crippen LogP contribution in [-0.2, 0) is 20.7 Å². The van der Waals surface area contributed by atoms with Gasteiger partial charge in [-0.2, -0.15) is 5.26 Å². The maximum absolute atomic E-state index is 14.3. The summed E-state index contributed by atoms with van der Waals surface area (Å²) in [6.45, 7) is 3.49. The average molecular weight is 341 g/mol. The average Bonchev–Trinajstić information content (AvgIpc) is 2.54. The van der Waals surface area contributed by atoms with Crippen molar-refractivity contribution in [1.29, 1.82) is 5.26 Å². The molecular formula is C16H18ClFN2O3. The van der Waals surface area contributed by atoms with Gasteiger partial charge in [0.05, 0.1) is 23.4 Å². The molecule has 1 aromatic rings. The van der Waals surface area contributed by atoms with E-state index in [-0.39, 0.29) is 30.3 Å². The largest absolute Gasteiger partial charge is 0.459 e. The molecule has 0 N–H and O–H groups in total. The van der Waals surface area contributed by atoms with Crippen LogP contribution < -0.4 is 4.90 Å². The number of hydrogen-bond acceptors (Lipinski definition) is 4. The van der Waals surface area contributed by atoms with Gasteiger partial charge in [-0.05, 0) is 37.5 Å². The van der Waals surface area contributed by atoms with E-state index in [1.54, 1.807) is 6.92 Å². The molecule has 5 nitrogen and oxygen atoms in total. The second kappa shape index (κ2) is 9.11. The van der Waals surface area contributed by atoms with Gasteiger partial charge in [0, 0.05) is 13.0 Å². The van der Waals surface area contributed by atoms with E-state index in [0.717, 1.165) is 10.5 Å². The van der Waals surface area contributed by atoms with E-state index in [9.17, 15) is 14.0 Å². The van der Waals surface area contributed by atoms with Crippen molar-refractivity contribution in [2.45, 2.75) is 33.1 Å². The highest BCUT2D eigenvalue weighted by Gasteiger charge is 2.27. The first-order valence-electron chi connectivity index (χ1n) is 7.29. The molecule has 23 heavy (non-hydrogen) atoms. The molecule has 124 valence electrons. The van der Waals surface area contributed by atoms with Gasteiger partial charge in [-0.1, -0.05) is 18.5 Å². The van der Waals surface area contributed by atoms with Gasteiger partial charge in [-0.3, -0.25) is 9.69 Å². The SMILES string of the molecule is CCOC(=O)C(=O)N(CCCC#N)c1cc(CC)cc(Cl)c1F. The second-order valence-electron chi connectivity index (χ2n) is 4.70. The predicted octanol–water partition coefficient (Wildman–Crippen LogP) is 3.24. The Bertz CT molecular complexity index is 628. The quantitative estimate of drug-likeness (QED) is 0.453. The van der Waals surface area contributed by atoms with Crippen LogP contribution in [0.2, 0.25) is 5.02 Å². The topological polar surface area (TPSA) is 70.4 Å².